The summed E-state index contributed by atoms with van der Waals surface area (Å²) in [4.78, 5) is 30.5. The number of fused-ring (bicyclic) bond motifs is 3. The van der Waals surface area contributed by atoms with Crippen molar-refractivity contribution in [3.63, 3.8) is 0 Å². The highest BCUT2D eigenvalue weighted by Gasteiger charge is 2.44. The number of amides is 1. The number of aromatic nitrogens is 2. The van der Waals surface area contributed by atoms with Crippen molar-refractivity contribution >= 4 is 28.9 Å². The molecule has 0 fully saturated rings. The van der Waals surface area contributed by atoms with Crippen LogP contribution in [0, 0.1) is 11.8 Å². The number of rotatable bonds is 8. The SMILES string of the molecule is CCOC(=O)[C@H]1C(=O)Nc2nc3ccccc3n2[C@H]1c1ccc(OCCC(C)C)c(OC)c1. The number of nitrogens with zero attached hydrogens (tertiary/aromatic N) is 2. The van der Waals surface area contributed by atoms with Gasteiger partial charge in [0.15, 0.2) is 17.4 Å². The van der Waals surface area contributed by atoms with Crippen LogP contribution in [0.4, 0.5) is 5.95 Å². The fraction of sp³-hybridized carbons (Fsp3) is 0.400. The van der Waals surface area contributed by atoms with Crippen molar-refractivity contribution in [1.82, 2.24) is 9.55 Å². The van der Waals surface area contributed by atoms with E-state index in [1.54, 1.807) is 14.0 Å². The first-order valence-electron chi connectivity index (χ1n) is 11.2. The molecule has 2 aromatic carbocycles. The van der Waals surface area contributed by atoms with E-state index in [2.05, 4.69) is 24.1 Å². The van der Waals surface area contributed by atoms with Gasteiger partial charge in [-0.2, -0.15) is 0 Å². The molecule has 4 rings (SSSR count). The number of hydrogen-bond donors (Lipinski definition) is 1. The Kier molecular flexibility index (Phi) is 6.53. The van der Waals surface area contributed by atoms with Crippen molar-refractivity contribution in [3.05, 3.63) is 48.0 Å². The Morgan fingerprint density at radius 2 is 1.97 bits per heavy atom. The van der Waals surface area contributed by atoms with Crippen LogP contribution in [0.1, 0.15) is 38.8 Å². The van der Waals surface area contributed by atoms with E-state index in [0.29, 0.717) is 30.0 Å². The van der Waals surface area contributed by atoms with E-state index in [1.807, 2.05) is 47.0 Å². The standard InChI is InChI=1S/C25H29N3O5/c1-5-32-24(30)21-22(16-10-11-19(20(14-16)31-4)33-13-12-15(2)3)28-18-9-7-6-8-17(18)26-25(28)27-23(21)29/h6-11,14-15,21-22H,5,12-13H2,1-4H3,(H,26,27,29)/t21-,22+/m1/s1. The van der Waals surface area contributed by atoms with Gasteiger partial charge in [0.05, 0.1) is 37.4 Å². The second kappa shape index (κ2) is 9.52. The first-order valence-corrected chi connectivity index (χ1v) is 11.2. The first kappa shape index (κ1) is 22.6. The van der Waals surface area contributed by atoms with Crippen LogP contribution in [0.2, 0.25) is 0 Å². The summed E-state index contributed by atoms with van der Waals surface area (Å²) in [6.07, 6.45) is 0.920. The maximum Gasteiger partial charge on any atom is 0.321 e. The smallest absolute Gasteiger partial charge is 0.321 e. The zero-order valence-corrected chi connectivity index (χ0v) is 19.3. The molecule has 8 nitrogen and oxygen atoms in total. The third-order valence-corrected chi connectivity index (χ3v) is 5.73. The highest BCUT2D eigenvalue weighted by molar-refractivity contribution is 6.07. The molecular formula is C25H29N3O5. The van der Waals surface area contributed by atoms with E-state index in [1.165, 1.54) is 0 Å². The molecule has 33 heavy (non-hydrogen) atoms. The van der Waals surface area contributed by atoms with Gasteiger partial charge in [-0.15, -0.1) is 0 Å². The predicted molar refractivity (Wildman–Crippen MR) is 125 cm³/mol. The Labute approximate surface area is 192 Å². The number of nitrogens with one attached hydrogen (secondary N) is 1. The lowest BCUT2D eigenvalue weighted by Gasteiger charge is -2.32. The molecule has 0 aliphatic carbocycles. The van der Waals surface area contributed by atoms with Gasteiger partial charge in [-0.25, -0.2) is 4.98 Å². The molecule has 2 heterocycles. The summed E-state index contributed by atoms with van der Waals surface area (Å²) in [5.41, 5.74) is 2.26. The lowest BCUT2D eigenvalue weighted by atomic mass is 9.90. The van der Waals surface area contributed by atoms with Crippen LogP contribution >= 0.6 is 0 Å². The third-order valence-electron chi connectivity index (χ3n) is 5.73. The molecular weight excluding hydrogens is 422 g/mol. The fourth-order valence-electron chi connectivity index (χ4n) is 4.10. The Bertz CT molecular complexity index is 1170. The summed E-state index contributed by atoms with van der Waals surface area (Å²) in [6, 6.07) is 12.4. The number of benzene rings is 2. The average molecular weight is 452 g/mol. The van der Waals surface area contributed by atoms with Crippen molar-refractivity contribution < 1.29 is 23.8 Å². The van der Waals surface area contributed by atoms with E-state index in [0.717, 1.165) is 23.0 Å². The number of anilines is 1. The van der Waals surface area contributed by atoms with Gasteiger partial charge in [0.2, 0.25) is 11.9 Å². The van der Waals surface area contributed by atoms with Crippen LogP contribution < -0.4 is 14.8 Å². The lowest BCUT2D eigenvalue weighted by molar-refractivity contribution is -0.152. The average Bonchev–Trinajstić information content (AvgIpc) is 3.16. The molecule has 174 valence electrons. The molecule has 1 aliphatic rings. The molecule has 1 aromatic heterocycles. The van der Waals surface area contributed by atoms with Gasteiger partial charge in [-0.05, 0) is 49.1 Å². The topological polar surface area (TPSA) is 91.7 Å². The van der Waals surface area contributed by atoms with Crippen molar-refractivity contribution in [1.29, 1.82) is 0 Å². The molecule has 1 amide bonds. The maximum absolute atomic E-state index is 13.0. The summed E-state index contributed by atoms with van der Waals surface area (Å²) in [7, 11) is 1.57. The van der Waals surface area contributed by atoms with E-state index in [9.17, 15) is 9.59 Å². The summed E-state index contributed by atoms with van der Waals surface area (Å²) in [5.74, 6) is -0.0386. The number of hydrogen-bond acceptors (Lipinski definition) is 6. The highest BCUT2D eigenvalue weighted by Crippen LogP contribution is 2.41. The Hall–Kier alpha value is -3.55. The lowest BCUT2D eigenvalue weighted by Crippen LogP contribution is -2.43. The van der Waals surface area contributed by atoms with Crippen molar-refractivity contribution in [2.75, 3.05) is 25.6 Å². The highest BCUT2D eigenvalue weighted by atomic mass is 16.5. The monoisotopic (exact) mass is 451 g/mol. The number of ether oxygens (including phenoxy) is 3. The summed E-state index contributed by atoms with van der Waals surface area (Å²) in [6.45, 7) is 6.75. The van der Waals surface area contributed by atoms with Gasteiger partial charge < -0.3 is 18.8 Å². The Morgan fingerprint density at radius 1 is 1.18 bits per heavy atom. The third kappa shape index (κ3) is 4.37. The van der Waals surface area contributed by atoms with Crippen LogP contribution in [0.3, 0.4) is 0 Å². The van der Waals surface area contributed by atoms with E-state index >= 15 is 0 Å². The fourth-order valence-corrected chi connectivity index (χ4v) is 4.10. The number of carbonyl (C=O) groups is 2. The molecule has 2 atom stereocenters. The number of imidazole rings is 1. The minimum Gasteiger partial charge on any atom is -0.493 e. The van der Waals surface area contributed by atoms with Crippen LogP contribution in [0.15, 0.2) is 42.5 Å². The summed E-state index contributed by atoms with van der Waals surface area (Å²) in [5, 5.41) is 2.77. The van der Waals surface area contributed by atoms with E-state index in [-0.39, 0.29) is 6.61 Å². The Morgan fingerprint density at radius 3 is 2.70 bits per heavy atom. The van der Waals surface area contributed by atoms with E-state index < -0.39 is 23.8 Å². The summed E-state index contributed by atoms with van der Waals surface area (Å²) < 4.78 is 18.7. The van der Waals surface area contributed by atoms with Gasteiger partial charge >= 0.3 is 5.97 Å². The van der Waals surface area contributed by atoms with Crippen LogP contribution in [0.5, 0.6) is 11.5 Å². The second-order valence-corrected chi connectivity index (χ2v) is 8.40. The Balaban J connectivity index is 1.82. The normalized spacial score (nSPS) is 17.5. The predicted octanol–water partition coefficient (Wildman–Crippen LogP) is 4.19. The number of para-hydroxylation sites is 2. The molecule has 0 saturated carbocycles. The maximum atomic E-state index is 13.0. The minimum atomic E-state index is -1.08. The molecule has 0 spiro atoms. The molecule has 8 heteroatoms. The second-order valence-electron chi connectivity index (χ2n) is 8.40. The van der Waals surface area contributed by atoms with Crippen molar-refractivity contribution in [3.8, 4) is 11.5 Å². The number of methoxy groups -OCH3 is 1. The van der Waals surface area contributed by atoms with Gasteiger partial charge in [0.1, 0.15) is 0 Å². The first-order chi connectivity index (χ1) is 15.9. The van der Waals surface area contributed by atoms with Crippen LogP contribution in [0.25, 0.3) is 11.0 Å². The largest absolute Gasteiger partial charge is 0.493 e. The van der Waals surface area contributed by atoms with Crippen molar-refractivity contribution in [2.45, 2.75) is 33.2 Å². The van der Waals surface area contributed by atoms with Gasteiger partial charge in [0.25, 0.3) is 0 Å². The molecule has 0 bridgehead atoms. The minimum absolute atomic E-state index is 0.179. The molecule has 0 radical (unpaired) electrons. The molecule has 3 aromatic rings. The molecule has 1 aliphatic heterocycles. The van der Waals surface area contributed by atoms with Crippen LogP contribution in [-0.2, 0) is 14.3 Å². The number of carbonyl (C=O) groups excluding carboxylic acids is 2. The van der Waals surface area contributed by atoms with Gasteiger partial charge in [0, 0.05) is 0 Å². The van der Waals surface area contributed by atoms with Crippen LogP contribution in [-0.4, -0.2) is 41.8 Å². The molecule has 0 unspecified atom stereocenters. The zero-order chi connectivity index (χ0) is 23.5. The number of esters is 1. The van der Waals surface area contributed by atoms with E-state index in [4.69, 9.17) is 14.2 Å². The quantitative estimate of drug-likeness (QED) is 0.408. The van der Waals surface area contributed by atoms with Gasteiger partial charge in [-0.1, -0.05) is 32.0 Å². The summed E-state index contributed by atoms with van der Waals surface area (Å²) >= 11 is 0. The van der Waals surface area contributed by atoms with Crippen molar-refractivity contribution in [2.24, 2.45) is 11.8 Å². The van der Waals surface area contributed by atoms with Gasteiger partial charge in [-0.3, -0.25) is 14.9 Å². The zero-order valence-electron chi connectivity index (χ0n) is 19.3. The molecule has 1 N–H and O–H groups in total. The molecule has 0 saturated heterocycles.